The van der Waals surface area contributed by atoms with Crippen LogP contribution < -0.4 is 15.5 Å². The Morgan fingerprint density at radius 2 is 2.17 bits per heavy atom. The molecule has 0 bridgehead atoms. The second-order valence-corrected chi connectivity index (χ2v) is 7.20. The Balaban J connectivity index is 1.52. The van der Waals surface area contributed by atoms with Crippen molar-refractivity contribution in [2.24, 2.45) is 0 Å². The third kappa shape index (κ3) is 4.26. The summed E-state index contributed by atoms with van der Waals surface area (Å²) in [6.45, 7) is 6.83. The number of nitrogens with one attached hydrogen (secondary N) is 2. The highest BCUT2D eigenvalue weighted by Gasteiger charge is 2.14. The molecule has 0 aliphatic carbocycles. The van der Waals surface area contributed by atoms with Gasteiger partial charge in [-0.05, 0) is 38.0 Å². The maximum Gasteiger partial charge on any atom is 0.319 e. The van der Waals surface area contributed by atoms with E-state index in [0.717, 1.165) is 29.5 Å². The Morgan fingerprint density at radius 1 is 1.38 bits per heavy atom. The predicted octanol–water partition coefficient (Wildman–Crippen LogP) is 3.98. The Hall–Kier alpha value is -2.08. The lowest BCUT2D eigenvalue weighted by molar-refractivity contribution is 0.251. The van der Waals surface area contributed by atoms with E-state index in [0.29, 0.717) is 6.54 Å². The van der Waals surface area contributed by atoms with Gasteiger partial charge in [-0.15, -0.1) is 11.3 Å². The van der Waals surface area contributed by atoms with Crippen molar-refractivity contribution >= 4 is 28.7 Å². The van der Waals surface area contributed by atoms with E-state index < -0.39 is 0 Å². The molecule has 1 aromatic heterocycles. The number of carbonyl (C=O) groups excluding carboxylic acids is 1. The number of anilines is 2. The Labute approximate surface area is 147 Å². The van der Waals surface area contributed by atoms with Crippen LogP contribution in [0.5, 0.6) is 0 Å². The number of nitrogens with zero attached hydrogens (tertiary/aromatic N) is 2. The van der Waals surface area contributed by atoms with Gasteiger partial charge in [0.2, 0.25) is 0 Å². The molecule has 1 aliphatic heterocycles. The molecule has 0 spiro atoms. The average Bonchev–Trinajstić information content (AvgIpc) is 3.24. The molecule has 2 aromatic rings. The topological polar surface area (TPSA) is 57.3 Å². The van der Waals surface area contributed by atoms with Crippen molar-refractivity contribution in [3.8, 4) is 0 Å². The standard InChI is InChI=1S/C18H24N4OS/c1-13(17-20-14(2)12-24-17)11-19-18(23)21-15-6-5-7-16(10-15)22-8-3-4-9-22/h5-7,10,12-13H,3-4,8-9,11H2,1-2H3,(H2,19,21,23)/t13-/m0/s1. The number of carbonyl (C=O) groups is 1. The zero-order chi connectivity index (χ0) is 16.9. The highest BCUT2D eigenvalue weighted by molar-refractivity contribution is 7.09. The monoisotopic (exact) mass is 344 g/mol. The molecule has 1 atom stereocenters. The largest absolute Gasteiger partial charge is 0.371 e. The summed E-state index contributed by atoms with van der Waals surface area (Å²) in [6.07, 6.45) is 2.48. The van der Waals surface area contributed by atoms with Crippen LogP contribution >= 0.6 is 11.3 Å². The summed E-state index contributed by atoms with van der Waals surface area (Å²) in [5.74, 6) is 0.213. The minimum Gasteiger partial charge on any atom is -0.371 e. The molecule has 1 aliphatic rings. The Morgan fingerprint density at radius 3 is 2.88 bits per heavy atom. The first-order valence-electron chi connectivity index (χ1n) is 8.44. The lowest BCUT2D eigenvalue weighted by Crippen LogP contribution is -2.31. The molecule has 2 amide bonds. The highest BCUT2D eigenvalue weighted by Crippen LogP contribution is 2.23. The third-order valence-corrected chi connectivity index (χ3v) is 5.40. The zero-order valence-corrected chi connectivity index (χ0v) is 15.0. The van der Waals surface area contributed by atoms with Crippen LogP contribution in [0.3, 0.4) is 0 Å². The number of hydrogen-bond donors (Lipinski definition) is 2. The van der Waals surface area contributed by atoms with Crippen molar-refractivity contribution < 1.29 is 4.79 Å². The first-order valence-corrected chi connectivity index (χ1v) is 9.31. The van der Waals surface area contributed by atoms with Crippen molar-refractivity contribution in [1.82, 2.24) is 10.3 Å². The summed E-state index contributed by atoms with van der Waals surface area (Å²) >= 11 is 1.64. The van der Waals surface area contributed by atoms with Crippen LogP contribution in [0.1, 0.15) is 36.4 Å². The van der Waals surface area contributed by atoms with Gasteiger partial charge >= 0.3 is 6.03 Å². The number of hydrogen-bond acceptors (Lipinski definition) is 4. The van der Waals surface area contributed by atoms with E-state index in [4.69, 9.17) is 0 Å². The molecule has 1 aromatic carbocycles. The van der Waals surface area contributed by atoms with Gasteiger partial charge in [0.05, 0.1) is 5.01 Å². The second-order valence-electron chi connectivity index (χ2n) is 6.31. The quantitative estimate of drug-likeness (QED) is 0.863. The lowest BCUT2D eigenvalue weighted by atomic mass is 10.2. The van der Waals surface area contributed by atoms with Gasteiger partial charge in [-0.3, -0.25) is 0 Å². The first-order chi connectivity index (χ1) is 11.6. The molecular formula is C18H24N4OS. The summed E-state index contributed by atoms with van der Waals surface area (Å²) in [5.41, 5.74) is 3.04. The van der Waals surface area contributed by atoms with Crippen molar-refractivity contribution in [3.63, 3.8) is 0 Å². The van der Waals surface area contributed by atoms with Crippen molar-refractivity contribution in [2.45, 2.75) is 32.6 Å². The fourth-order valence-corrected chi connectivity index (χ4v) is 3.72. The number of thiazole rings is 1. The van der Waals surface area contributed by atoms with Gasteiger partial charge in [-0.25, -0.2) is 9.78 Å². The van der Waals surface area contributed by atoms with Crippen LogP contribution in [0.4, 0.5) is 16.2 Å². The number of urea groups is 1. The van der Waals surface area contributed by atoms with Gasteiger partial charge in [0, 0.05) is 48.0 Å². The van der Waals surface area contributed by atoms with Crippen LogP contribution in [0.25, 0.3) is 0 Å². The van der Waals surface area contributed by atoms with Crippen LogP contribution in [0.15, 0.2) is 29.6 Å². The fraction of sp³-hybridized carbons (Fsp3) is 0.444. The van der Waals surface area contributed by atoms with E-state index in [1.807, 2.05) is 30.5 Å². The summed E-state index contributed by atoms with van der Waals surface area (Å²) in [7, 11) is 0. The molecule has 6 heteroatoms. The summed E-state index contributed by atoms with van der Waals surface area (Å²) < 4.78 is 0. The van der Waals surface area contributed by atoms with Crippen molar-refractivity contribution in [3.05, 3.63) is 40.3 Å². The first kappa shape index (κ1) is 16.8. The van der Waals surface area contributed by atoms with E-state index in [-0.39, 0.29) is 11.9 Å². The molecule has 2 heterocycles. The third-order valence-electron chi connectivity index (χ3n) is 4.20. The molecule has 0 saturated carbocycles. The maximum atomic E-state index is 12.1. The highest BCUT2D eigenvalue weighted by atomic mass is 32.1. The van der Waals surface area contributed by atoms with E-state index >= 15 is 0 Å². The van der Waals surface area contributed by atoms with Gasteiger partial charge in [-0.2, -0.15) is 0 Å². The SMILES string of the molecule is Cc1csc([C@@H](C)CNC(=O)Nc2cccc(N3CCCC3)c2)n1. The molecule has 2 N–H and O–H groups in total. The molecule has 128 valence electrons. The molecule has 5 nitrogen and oxygen atoms in total. The Bertz CT molecular complexity index is 694. The van der Waals surface area contributed by atoms with Crippen molar-refractivity contribution in [2.75, 3.05) is 29.9 Å². The molecule has 24 heavy (non-hydrogen) atoms. The predicted molar refractivity (Wildman–Crippen MR) is 100 cm³/mol. The van der Waals surface area contributed by atoms with Crippen LogP contribution in [-0.4, -0.2) is 30.6 Å². The fourth-order valence-electron chi connectivity index (χ4n) is 2.86. The molecule has 1 saturated heterocycles. The van der Waals surface area contributed by atoms with E-state index in [1.54, 1.807) is 11.3 Å². The molecule has 3 rings (SSSR count). The van der Waals surface area contributed by atoms with Crippen LogP contribution in [0, 0.1) is 6.92 Å². The second kappa shape index (κ2) is 7.66. The molecular weight excluding hydrogens is 320 g/mol. The lowest BCUT2D eigenvalue weighted by Gasteiger charge is -2.18. The average molecular weight is 344 g/mol. The van der Waals surface area contributed by atoms with Gasteiger partial charge in [-0.1, -0.05) is 13.0 Å². The summed E-state index contributed by atoms with van der Waals surface area (Å²) in [6, 6.07) is 7.88. The summed E-state index contributed by atoms with van der Waals surface area (Å²) in [5, 5.41) is 8.95. The van der Waals surface area contributed by atoms with Gasteiger partial charge < -0.3 is 15.5 Å². The van der Waals surface area contributed by atoms with Gasteiger partial charge in [0.1, 0.15) is 0 Å². The van der Waals surface area contributed by atoms with E-state index in [2.05, 4.69) is 33.5 Å². The number of amides is 2. The Kier molecular flexibility index (Phi) is 5.35. The van der Waals surface area contributed by atoms with E-state index in [9.17, 15) is 4.79 Å². The number of benzene rings is 1. The normalized spacial score (nSPS) is 15.3. The molecule has 1 fully saturated rings. The maximum absolute atomic E-state index is 12.1. The van der Waals surface area contributed by atoms with Crippen LogP contribution in [-0.2, 0) is 0 Å². The smallest absolute Gasteiger partial charge is 0.319 e. The summed E-state index contributed by atoms with van der Waals surface area (Å²) in [4.78, 5) is 19.0. The number of rotatable bonds is 5. The molecule has 0 unspecified atom stereocenters. The minimum atomic E-state index is -0.172. The van der Waals surface area contributed by atoms with Crippen molar-refractivity contribution in [1.29, 1.82) is 0 Å². The van der Waals surface area contributed by atoms with E-state index in [1.165, 1.54) is 18.5 Å². The van der Waals surface area contributed by atoms with Crippen LogP contribution in [0.2, 0.25) is 0 Å². The minimum absolute atomic E-state index is 0.172. The zero-order valence-electron chi connectivity index (χ0n) is 14.2. The number of aryl methyl sites for hydroxylation is 1. The van der Waals surface area contributed by atoms with Gasteiger partial charge in [0.25, 0.3) is 0 Å². The number of aromatic nitrogens is 1. The van der Waals surface area contributed by atoms with Gasteiger partial charge in [0.15, 0.2) is 0 Å². The molecule has 0 radical (unpaired) electrons.